The summed E-state index contributed by atoms with van der Waals surface area (Å²) in [4.78, 5) is 21.2. The second kappa shape index (κ2) is 7.84. The molecular formula is C17H20N4OS. The number of hydrogen-bond acceptors (Lipinski definition) is 4. The molecule has 120 valence electrons. The normalized spacial score (nSPS) is 11.7. The molecule has 2 rings (SSSR count). The van der Waals surface area contributed by atoms with E-state index in [1.165, 1.54) is 0 Å². The minimum Gasteiger partial charge on any atom is -0.273 e. The highest BCUT2D eigenvalue weighted by Gasteiger charge is 2.20. The van der Waals surface area contributed by atoms with Gasteiger partial charge in [0.15, 0.2) is 0 Å². The number of pyridine rings is 1. The van der Waals surface area contributed by atoms with Gasteiger partial charge in [0.2, 0.25) is 5.91 Å². The Kier molecular flexibility index (Phi) is 5.83. The van der Waals surface area contributed by atoms with Crippen molar-refractivity contribution in [2.24, 2.45) is 0 Å². The number of aromatic nitrogens is 3. The van der Waals surface area contributed by atoms with E-state index in [2.05, 4.69) is 15.9 Å². The van der Waals surface area contributed by atoms with E-state index in [9.17, 15) is 4.79 Å². The molecule has 1 atom stereocenters. The van der Waals surface area contributed by atoms with Gasteiger partial charge < -0.3 is 0 Å². The lowest BCUT2D eigenvalue weighted by Crippen LogP contribution is -2.42. The van der Waals surface area contributed by atoms with Crippen LogP contribution in [0.5, 0.6) is 0 Å². The quantitative estimate of drug-likeness (QED) is 0.765. The van der Waals surface area contributed by atoms with Crippen LogP contribution in [0.15, 0.2) is 30.7 Å². The van der Waals surface area contributed by atoms with Crippen LogP contribution in [0.3, 0.4) is 0 Å². The van der Waals surface area contributed by atoms with Gasteiger partial charge in [0.1, 0.15) is 12.4 Å². The van der Waals surface area contributed by atoms with Crippen LogP contribution < -0.4 is 5.01 Å². The molecule has 0 saturated heterocycles. The number of terminal acetylenes is 1. The Balaban J connectivity index is 2.31. The fourth-order valence-corrected chi connectivity index (χ4v) is 2.48. The molecule has 23 heavy (non-hydrogen) atoms. The first-order valence-electron chi connectivity index (χ1n) is 7.30. The summed E-state index contributed by atoms with van der Waals surface area (Å²) in [6.45, 7) is 4.09. The van der Waals surface area contributed by atoms with Crippen LogP contribution in [0, 0.1) is 19.3 Å². The van der Waals surface area contributed by atoms with Crippen molar-refractivity contribution in [1.82, 2.24) is 14.6 Å². The van der Waals surface area contributed by atoms with Crippen LogP contribution >= 0.6 is 11.8 Å². The van der Waals surface area contributed by atoms with Gasteiger partial charge in [-0.15, -0.1) is 6.42 Å². The molecule has 1 unspecified atom stereocenters. The summed E-state index contributed by atoms with van der Waals surface area (Å²) in [5.74, 6) is 3.25. The van der Waals surface area contributed by atoms with Crippen molar-refractivity contribution in [2.45, 2.75) is 25.5 Å². The van der Waals surface area contributed by atoms with Gasteiger partial charge in [-0.3, -0.25) is 9.78 Å². The Morgan fingerprint density at radius 2 is 2.35 bits per heavy atom. The highest BCUT2D eigenvalue weighted by molar-refractivity contribution is 7.99. The standard InChI is InChI=1S/C17H20N4OS/c1-5-9-20(17(22)10-13(2)23-4)21-12-16(19-14(21)3)15-7-6-8-18-11-15/h1,6-8,11-13H,9-10H2,2-4H3. The topological polar surface area (TPSA) is 51.0 Å². The largest absolute Gasteiger partial charge is 0.273 e. The fraction of sp³-hybridized carbons (Fsp3) is 0.353. The Hall–Kier alpha value is -2.26. The molecule has 0 radical (unpaired) electrons. The minimum atomic E-state index is -0.0111. The number of nitrogens with zero attached hydrogens (tertiary/aromatic N) is 4. The van der Waals surface area contributed by atoms with Gasteiger partial charge >= 0.3 is 0 Å². The molecule has 0 fully saturated rings. The Bertz CT molecular complexity index is 705. The second-order valence-corrected chi connectivity index (χ2v) is 6.44. The summed E-state index contributed by atoms with van der Waals surface area (Å²) in [5.41, 5.74) is 1.67. The van der Waals surface area contributed by atoms with Crippen molar-refractivity contribution in [3.8, 4) is 23.6 Å². The summed E-state index contributed by atoms with van der Waals surface area (Å²) < 4.78 is 1.73. The predicted octanol–water partition coefficient (Wildman–Crippen LogP) is 2.49. The third-order valence-electron chi connectivity index (χ3n) is 3.47. The summed E-state index contributed by atoms with van der Waals surface area (Å²) in [7, 11) is 0. The lowest BCUT2D eigenvalue weighted by Gasteiger charge is -2.23. The van der Waals surface area contributed by atoms with E-state index in [4.69, 9.17) is 6.42 Å². The lowest BCUT2D eigenvalue weighted by molar-refractivity contribution is -0.119. The maximum Gasteiger partial charge on any atom is 0.243 e. The Morgan fingerprint density at radius 1 is 1.57 bits per heavy atom. The number of aryl methyl sites for hydroxylation is 1. The van der Waals surface area contributed by atoms with Gasteiger partial charge in [-0.1, -0.05) is 12.8 Å². The summed E-state index contributed by atoms with van der Waals surface area (Å²) >= 11 is 1.66. The first-order chi connectivity index (χ1) is 11.1. The first kappa shape index (κ1) is 17.1. The number of carbonyl (C=O) groups is 1. The Morgan fingerprint density at radius 3 is 2.96 bits per heavy atom. The van der Waals surface area contributed by atoms with Crippen LogP contribution in [0.4, 0.5) is 0 Å². The molecule has 0 aliphatic rings. The zero-order valence-corrected chi connectivity index (χ0v) is 14.4. The molecule has 2 aromatic rings. The van der Waals surface area contributed by atoms with Crippen molar-refractivity contribution in [1.29, 1.82) is 0 Å². The van der Waals surface area contributed by atoms with Crippen LogP contribution in [0.1, 0.15) is 19.2 Å². The van der Waals surface area contributed by atoms with Gasteiger partial charge in [-0.2, -0.15) is 11.8 Å². The fourth-order valence-electron chi connectivity index (χ4n) is 2.17. The van der Waals surface area contributed by atoms with Crippen LogP contribution in [0.25, 0.3) is 11.3 Å². The molecule has 0 aliphatic carbocycles. The van der Waals surface area contributed by atoms with Crippen molar-refractivity contribution in [2.75, 3.05) is 17.8 Å². The third kappa shape index (κ3) is 4.14. The summed E-state index contributed by atoms with van der Waals surface area (Å²) in [5, 5.41) is 1.80. The number of carbonyl (C=O) groups excluding carboxylic acids is 1. The number of imidazole rings is 1. The molecule has 0 bridgehead atoms. The molecule has 1 amide bonds. The molecule has 0 aliphatic heterocycles. The van der Waals surface area contributed by atoms with E-state index in [-0.39, 0.29) is 17.7 Å². The zero-order chi connectivity index (χ0) is 16.8. The Labute approximate surface area is 141 Å². The SMILES string of the molecule is C#CCN(C(=O)CC(C)SC)n1cc(-c2cccnc2)nc1C. The van der Waals surface area contributed by atoms with Gasteiger partial charge in [0.25, 0.3) is 0 Å². The monoisotopic (exact) mass is 328 g/mol. The summed E-state index contributed by atoms with van der Waals surface area (Å²) in [6.07, 6.45) is 13.2. The number of hydrogen-bond donors (Lipinski definition) is 0. The molecule has 0 saturated carbocycles. The highest BCUT2D eigenvalue weighted by Crippen LogP contribution is 2.18. The van der Waals surface area contributed by atoms with E-state index >= 15 is 0 Å². The van der Waals surface area contributed by atoms with E-state index in [1.54, 1.807) is 33.8 Å². The predicted molar refractivity (Wildman–Crippen MR) is 94.7 cm³/mol. The smallest absolute Gasteiger partial charge is 0.243 e. The average molecular weight is 328 g/mol. The first-order valence-corrected chi connectivity index (χ1v) is 8.59. The third-order valence-corrected chi connectivity index (χ3v) is 4.44. The number of amides is 1. The van der Waals surface area contributed by atoms with Crippen molar-refractivity contribution >= 4 is 17.7 Å². The van der Waals surface area contributed by atoms with E-state index in [0.29, 0.717) is 12.2 Å². The molecule has 6 heteroatoms. The molecular weight excluding hydrogens is 308 g/mol. The number of rotatable bonds is 6. The molecule has 2 aromatic heterocycles. The average Bonchev–Trinajstić information content (AvgIpc) is 2.94. The second-order valence-electron chi connectivity index (χ2n) is 5.17. The zero-order valence-electron chi connectivity index (χ0n) is 13.6. The van der Waals surface area contributed by atoms with Crippen molar-refractivity contribution in [3.63, 3.8) is 0 Å². The maximum absolute atomic E-state index is 12.6. The van der Waals surface area contributed by atoms with Crippen molar-refractivity contribution < 1.29 is 4.79 Å². The van der Waals surface area contributed by atoms with E-state index in [1.807, 2.05) is 38.4 Å². The maximum atomic E-state index is 12.6. The molecule has 0 N–H and O–H groups in total. The van der Waals surface area contributed by atoms with E-state index in [0.717, 1.165) is 11.3 Å². The van der Waals surface area contributed by atoms with Crippen molar-refractivity contribution in [3.05, 3.63) is 36.5 Å². The lowest BCUT2D eigenvalue weighted by atomic mass is 10.2. The van der Waals surface area contributed by atoms with E-state index < -0.39 is 0 Å². The van der Waals surface area contributed by atoms with Gasteiger partial charge in [0, 0.05) is 29.6 Å². The van der Waals surface area contributed by atoms with Crippen LogP contribution in [0.2, 0.25) is 0 Å². The highest BCUT2D eigenvalue weighted by atomic mass is 32.2. The number of thioether (sulfide) groups is 1. The molecule has 2 heterocycles. The molecule has 0 spiro atoms. The van der Waals surface area contributed by atoms with Gasteiger partial charge in [-0.05, 0) is 25.3 Å². The van der Waals surface area contributed by atoms with Crippen LogP contribution in [-0.2, 0) is 4.79 Å². The van der Waals surface area contributed by atoms with Gasteiger partial charge in [0.05, 0.1) is 11.9 Å². The van der Waals surface area contributed by atoms with Gasteiger partial charge in [-0.25, -0.2) is 14.7 Å². The summed E-state index contributed by atoms with van der Waals surface area (Å²) in [6, 6.07) is 3.79. The van der Waals surface area contributed by atoms with Crippen LogP contribution in [-0.4, -0.2) is 38.6 Å². The molecule has 0 aromatic carbocycles. The minimum absolute atomic E-state index is 0.0111. The molecule has 5 nitrogen and oxygen atoms in total.